The molecule has 0 aromatic heterocycles. The number of hydrogen-bond acceptors (Lipinski definition) is 5. The zero-order valence-corrected chi connectivity index (χ0v) is 19.1. The first-order valence-electron chi connectivity index (χ1n) is 10.9. The zero-order valence-electron chi connectivity index (χ0n) is 18.3. The Morgan fingerprint density at radius 2 is 1.71 bits per heavy atom. The molecular weight excluding hydrogens is 469 g/mol. The lowest BCUT2D eigenvalue weighted by Crippen LogP contribution is -2.52. The molecule has 1 aliphatic carbocycles. The van der Waals surface area contributed by atoms with E-state index in [0.29, 0.717) is 43.9 Å². The Hall–Kier alpha value is -2.85. The fourth-order valence-corrected chi connectivity index (χ4v) is 6.70. The van der Waals surface area contributed by atoms with Crippen molar-refractivity contribution in [3.8, 4) is 0 Å². The van der Waals surface area contributed by atoms with Gasteiger partial charge in [0.1, 0.15) is 5.37 Å². The lowest BCUT2D eigenvalue weighted by Gasteiger charge is -2.39. The van der Waals surface area contributed by atoms with Crippen molar-refractivity contribution in [2.24, 2.45) is 5.92 Å². The molecule has 0 radical (unpaired) electrons. The Kier molecular flexibility index (Phi) is 6.48. The first-order chi connectivity index (χ1) is 16.0. The van der Waals surface area contributed by atoms with Crippen molar-refractivity contribution in [2.75, 3.05) is 31.1 Å². The molecule has 1 fully saturated rings. The molecule has 1 aliphatic heterocycles. The smallest absolute Gasteiger partial charge is 0.416 e. The quantitative estimate of drug-likeness (QED) is 0.619. The minimum Gasteiger partial charge on any atom is -0.481 e. The van der Waals surface area contributed by atoms with Crippen LogP contribution in [0.15, 0.2) is 60.0 Å². The molecule has 2 unspecified atom stereocenters. The maximum Gasteiger partial charge on any atom is 0.416 e. The van der Waals surface area contributed by atoms with Gasteiger partial charge in [-0.2, -0.15) is 13.2 Å². The highest BCUT2D eigenvalue weighted by Gasteiger charge is 2.38. The highest BCUT2D eigenvalue weighted by molar-refractivity contribution is 7.92. The standard InChI is InChI=1S/C24H25F3N2O4S/c1-2-22(34(32,33)21-5-3-4-16-14-17(23(30)31)15-20(16)21)29-12-10-28(11-13-29)19-8-6-18(7-9-19)24(25,26)27/h2-9,17,22H,1,10-15H2,(H,30,31). The average molecular weight is 495 g/mol. The molecule has 6 nitrogen and oxygen atoms in total. The van der Waals surface area contributed by atoms with Crippen molar-refractivity contribution < 1.29 is 31.5 Å². The molecule has 2 aromatic carbocycles. The van der Waals surface area contributed by atoms with Gasteiger partial charge in [0, 0.05) is 31.9 Å². The lowest BCUT2D eigenvalue weighted by molar-refractivity contribution is -0.141. The van der Waals surface area contributed by atoms with Crippen LogP contribution < -0.4 is 4.90 Å². The van der Waals surface area contributed by atoms with E-state index in [1.54, 1.807) is 17.0 Å². The molecule has 2 aliphatic rings. The van der Waals surface area contributed by atoms with E-state index >= 15 is 0 Å². The second kappa shape index (κ2) is 9.07. The summed E-state index contributed by atoms with van der Waals surface area (Å²) in [4.78, 5) is 15.3. The number of fused-ring (bicyclic) bond motifs is 1. The summed E-state index contributed by atoms with van der Waals surface area (Å²) in [5.41, 5.74) is 1.23. The average Bonchev–Trinajstić information content (AvgIpc) is 3.24. The van der Waals surface area contributed by atoms with Gasteiger partial charge in [0.15, 0.2) is 9.84 Å². The van der Waals surface area contributed by atoms with Gasteiger partial charge in [-0.3, -0.25) is 9.69 Å². The molecule has 34 heavy (non-hydrogen) atoms. The third kappa shape index (κ3) is 4.56. The molecule has 2 aromatic rings. The van der Waals surface area contributed by atoms with Crippen LogP contribution in [-0.4, -0.2) is 55.9 Å². The lowest BCUT2D eigenvalue weighted by atomic mass is 10.1. The van der Waals surface area contributed by atoms with E-state index in [1.807, 2.05) is 4.90 Å². The number of piperazine rings is 1. The summed E-state index contributed by atoms with van der Waals surface area (Å²) in [6.07, 6.45) is -2.54. The van der Waals surface area contributed by atoms with Crippen LogP contribution in [0.25, 0.3) is 0 Å². The minimum atomic E-state index is -4.40. The molecule has 1 saturated heterocycles. The van der Waals surface area contributed by atoms with Crippen LogP contribution >= 0.6 is 0 Å². The Bertz CT molecular complexity index is 1190. The second-order valence-corrected chi connectivity index (χ2v) is 10.6. The summed E-state index contributed by atoms with van der Waals surface area (Å²) in [7, 11) is -3.86. The molecule has 2 atom stereocenters. The summed E-state index contributed by atoms with van der Waals surface area (Å²) in [6, 6.07) is 9.85. The van der Waals surface area contributed by atoms with Crippen molar-refractivity contribution in [3.05, 3.63) is 71.8 Å². The number of hydrogen-bond donors (Lipinski definition) is 1. The highest BCUT2D eigenvalue weighted by Crippen LogP contribution is 2.35. The van der Waals surface area contributed by atoms with Gasteiger partial charge < -0.3 is 10.0 Å². The third-order valence-corrected chi connectivity index (χ3v) is 8.68. The van der Waals surface area contributed by atoms with E-state index in [4.69, 9.17) is 0 Å². The third-order valence-electron chi connectivity index (χ3n) is 6.56. The van der Waals surface area contributed by atoms with E-state index in [2.05, 4.69) is 6.58 Å². The number of carboxylic acid groups (broad SMARTS) is 1. The predicted octanol–water partition coefficient (Wildman–Crippen LogP) is 3.61. The fourth-order valence-electron chi connectivity index (χ4n) is 4.76. The fraction of sp³-hybridized carbons (Fsp3) is 0.375. The van der Waals surface area contributed by atoms with Crippen molar-refractivity contribution in [1.29, 1.82) is 0 Å². The van der Waals surface area contributed by atoms with Gasteiger partial charge >= 0.3 is 12.1 Å². The van der Waals surface area contributed by atoms with Crippen LogP contribution in [0.2, 0.25) is 0 Å². The van der Waals surface area contributed by atoms with Gasteiger partial charge in [-0.25, -0.2) is 8.42 Å². The highest BCUT2D eigenvalue weighted by atomic mass is 32.2. The van der Waals surface area contributed by atoms with Crippen molar-refractivity contribution in [2.45, 2.75) is 29.3 Å². The number of alkyl halides is 3. The topological polar surface area (TPSA) is 77.9 Å². The van der Waals surface area contributed by atoms with Gasteiger partial charge in [0.05, 0.1) is 16.4 Å². The van der Waals surface area contributed by atoms with Crippen LogP contribution in [0.3, 0.4) is 0 Å². The van der Waals surface area contributed by atoms with E-state index < -0.39 is 38.8 Å². The summed E-state index contributed by atoms with van der Waals surface area (Å²) >= 11 is 0. The number of carbonyl (C=O) groups is 1. The Labute approximate surface area is 196 Å². The number of anilines is 1. The SMILES string of the molecule is C=CC(N1CCN(c2ccc(C(F)(F)F)cc2)CC1)S(=O)(=O)c1cccc2c1CC(C(=O)O)C2. The number of rotatable bonds is 6. The van der Waals surface area contributed by atoms with Crippen LogP contribution in [0.4, 0.5) is 18.9 Å². The van der Waals surface area contributed by atoms with Crippen LogP contribution in [0, 0.1) is 5.92 Å². The van der Waals surface area contributed by atoms with E-state index in [9.17, 15) is 31.5 Å². The minimum absolute atomic E-state index is 0.142. The van der Waals surface area contributed by atoms with Crippen molar-refractivity contribution >= 4 is 21.5 Å². The first kappa shape index (κ1) is 24.3. The van der Waals surface area contributed by atoms with Gasteiger partial charge in [0.2, 0.25) is 0 Å². The summed E-state index contributed by atoms with van der Waals surface area (Å²) in [6.45, 7) is 5.38. The van der Waals surface area contributed by atoms with Crippen molar-refractivity contribution in [3.63, 3.8) is 0 Å². The van der Waals surface area contributed by atoms with E-state index in [0.717, 1.165) is 17.7 Å². The Balaban J connectivity index is 1.50. The Morgan fingerprint density at radius 3 is 2.26 bits per heavy atom. The molecule has 0 amide bonds. The van der Waals surface area contributed by atoms with Gasteiger partial charge in [-0.15, -0.1) is 6.58 Å². The molecule has 10 heteroatoms. The molecule has 0 spiro atoms. The maximum atomic E-state index is 13.6. The molecule has 1 N–H and O–H groups in total. The van der Waals surface area contributed by atoms with E-state index in [-0.39, 0.29) is 11.3 Å². The first-order valence-corrected chi connectivity index (χ1v) is 12.4. The molecule has 1 heterocycles. The molecule has 182 valence electrons. The number of benzene rings is 2. The number of aliphatic carboxylic acids is 1. The van der Waals surface area contributed by atoms with Crippen LogP contribution in [0.5, 0.6) is 0 Å². The van der Waals surface area contributed by atoms with Crippen LogP contribution in [-0.2, 0) is 33.6 Å². The molecule has 0 bridgehead atoms. The van der Waals surface area contributed by atoms with Crippen molar-refractivity contribution in [1.82, 2.24) is 4.90 Å². The number of halogens is 3. The van der Waals surface area contributed by atoms with E-state index in [1.165, 1.54) is 24.3 Å². The monoisotopic (exact) mass is 494 g/mol. The number of carboxylic acids is 1. The predicted molar refractivity (Wildman–Crippen MR) is 121 cm³/mol. The second-order valence-electron chi connectivity index (χ2n) is 8.58. The number of nitrogens with zero attached hydrogens (tertiary/aromatic N) is 2. The number of sulfone groups is 1. The zero-order chi connectivity index (χ0) is 24.7. The molecular formula is C24H25F3N2O4S. The van der Waals surface area contributed by atoms with Gasteiger partial charge in [-0.1, -0.05) is 18.2 Å². The normalized spacial score (nSPS) is 20.1. The van der Waals surface area contributed by atoms with Gasteiger partial charge in [0.25, 0.3) is 0 Å². The van der Waals surface area contributed by atoms with Crippen LogP contribution in [0.1, 0.15) is 16.7 Å². The maximum absolute atomic E-state index is 13.6. The molecule has 4 rings (SSSR count). The largest absolute Gasteiger partial charge is 0.481 e. The summed E-state index contributed by atoms with van der Waals surface area (Å²) in [5.74, 6) is -1.58. The summed E-state index contributed by atoms with van der Waals surface area (Å²) in [5, 5.41) is 8.39. The Morgan fingerprint density at radius 1 is 1.06 bits per heavy atom. The van der Waals surface area contributed by atoms with Gasteiger partial charge in [-0.05, 0) is 54.3 Å². The molecule has 0 saturated carbocycles. The summed E-state index contributed by atoms with van der Waals surface area (Å²) < 4.78 is 65.7.